The van der Waals surface area contributed by atoms with Crippen LogP contribution in [0.3, 0.4) is 0 Å². The molecule has 0 bridgehead atoms. The minimum absolute atomic E-state index is 0.404. The van der Waals surface area contributed by atoms with Gasteiger partial charge < -0.3 is 9.47 Å². The lowest BCUT2D eigenvalue weighted by Crippen LogP contribution is -2.01. The summed E-state index contributed by atoms with van der Waals surface area (Å²) >= 11 is 7.42. The average Bonchev–Trinajstić information content (AvgIpc) is 3.16. The van der Waals surface area contributed by atoms with Gasteiger partial charge in [0.1, 0.15) is 0 Å². The van der Waals surface area contributed by atoms with Crippen molar-refractivity contribution in [1.82, 2.24) is 0 Å². The fraction of sp³-hybridized carbons (Fsp3) is 0.571. The molecule has 1 fully saturated rings. The average molecular weight is 378 g/mol. The van der Waals surface area contributed by atoms with Gasteiger partial charge in [-0.1, -0.05) is 31.9 Å². The normalized spacial score (nSPS) is 16.4. The number of halogens is 2. The van der Waals surface area contributed by atoms with Gasteiger partial charge >= 0.3 is 0 Å². The van der Waals surface area contributed by atoms with Gasteiger partial charge in [-0.3, -0.25) is 0 Å². The maximum absolute atomic E-state index is 5.67. The molecule has 1 aromatic rings. The molecular weight excluding hydrogens is 360 g/mol. The smallest absolute Gasteiger partial charge is 0.162 e. The van der Waals surface area contributed by atoms with Gasteiger partial charge in [0.15, 0.2) is 11.5 Å². The molecule has 1 atom stereocenters. The Balaban J connectivity index is 2.32. The first-order valence-electron chi connectivity index (χ1n) is 6.40. The lowest BCUT2D eigenvalue weighted by Gasteiger charge is -2.17. The van der Waals surface area contributed by atoms with Crippen molar-refractivity contribution >= 4 is 31.9 Å². The van der Waals surface area contributed by atoms with E-state index in [1.807, 2.05) is 19.9 Å². The van der Waals surface area contributed by atoms with Crippen molar-refractivity contribution in [3.05, 3.63) is 22.2 Å². The molecule has 1 aliphatic carbocycles. The Kier molecular flexibility index (Phi) is 4.96. The first kappa shape index (κ1) is 14.2. The second-order valence-electron chi connectivity index (χ2n) is 4.43. The van der Waals surface area contributed by atoms with Gasteiger partial charge in [-0.15, -0.1) is 0 Å². The summed E-state index contributed by atoms with van der Waals surface area (Å²) in [6, 6.07) is 4.11. The third-order valence-electron chi connectivity index (χ3n) is 3.00. The number of ether oxygens (including phenoxy) is 2. The predicted octanol–water partition coefficient (Wildman–Crippen LogP) is 5.09. The molecule has 0 aromatic heterocycles. The van der Waals surface area contributed by atoms with E-state index in [9.17, 15) is 0 Å². The molecule has 0 saturated heterocycles. The molecule has 0 N–H and O–H groups in total. The fourth-order valence-corrected chi connectivity index (χ4v) is 3.73. The van der Waals surface area contributed by atoms with Crippen molar-refractivity contribution in [3.63, 3.8) is 0 Å². The molecule has 0 spiro atoms. The third-order valence-corrected chi connectivity index (χ3v) is 4.92. The van der Waals surface area contributed by atoms with Gasteiger partial charge in [0.25, 0.3) is 0 Å². The molecule has 18 heavy (non-hydrogen) atoms. The lowest BCUT2D eigenvalue weighted by atomic mass is 10.1. The van der Waals surface area contributed by atoms with Crippen molar-refractivity contribution < 1.29 is 9.47 Å². The molecule has 0 amide bonds. The molecule has 0 heterocycles. The lowest BCUT2D eigenvalue weighted by molar-refractivity contribution is 0.287. The summed E-state index contributed by atoms with van der Waals surface area (Å²) in [5.41, 5.74) is 1.25. The summed E-state index contributed by atoms with van der Waals surface area (Å²) in [7, 11) is 0. The van der Waals surface area contributed by atoms with E-state index in [-0.39, 0.29) is 0 Å². The zero-order valence-electron chi connectivity index (χ0n) is 10.7. The predicted molar refractivity (Wildman–Crippen MR) is 80.9 cm³/mol. The van der Waals surface area contributed by atoms with E-state index >= 15 is 0 Å². The number of hydrogen-bond donors (Lipinski definition) is 0. The van der Waals surface area contributed by atoms with E-state index in [2.05, 4.69) is 37.9 Å². The van der Waals surface area contributed by atoms with Crippen LogP contribution in [0.1, 0.15) is 37.1 Å². The highest BCUT2D eigenvalue weighted by atomic mass is 79.9. The molecule has 1 aliphatic rings. The van der Waals surface area contributed by atoms with Crippen molar-refractivity contribution in [1.29, 1.82) is 0 Å². The number of hydrogen-bond acceptors (Lipinski definition) is 2. The molecule has 1 aromatic carbocycles. The Morgan fingerprint density at radius 3 is 2.22 bits per heavy atom. The van der Waals surface area contributed by atoms with Crippen LogP contribution < -0.4 is 9.47 Å². The Labute approximate surface area is 125 Å². The first-order chi connectivity index (χ1) is 8.67. The molecule has 1 saturated carbocycles. The van der Waals surface area contributed by atoms with Crippen molar-refractivity contribution in [2.45, 2.75) is 31.5 Å². The van der Waals surface area contributed by atoms with Crippen molar-refractivity contribution in [3.8, 4) is 11.5 Å². The van der Waals surface area contributed by atoms with Crippen LogP contribution >= 0.6 is 31.9 Å². The van der Waals surface area contributed by atoms with Gasteiger partial charge in [-0.25, -0.2) is 0 Å². The van der Waals surface area contributed by atoms with Crippen LogP contribution in [-0.4, -0.2) is 13.2 Å². The van der Waals surface area contributed by atoms with Crippen LogP contribution in [0, 0.1) is 5.92 Å². The van der Waals surface area contributed by atoms with Crippen LogP contribution in [-0.2, 0) is 0 Å². The van der Waals surface area contributed by atoms with Crippen LogP contribution in [0.15, 0.2) is 16.6 Å². The topological polar surface area (TPSA) is 18.5 Å². The van der Waals surface area contributed by atoms with Crippen molar-refractivity contribution in [2.24, 2.45) is 5.92 Å². The molecule has 2 nitrogen and oxygen atoms in total. The molecular formula is C14H18Br2O2. The number of alkyl halides is 1. The van der Waals surface area contributed by atoms with E-state index in [1.54, 1.807) is 0 Å². The van der Waals surface area contributed by atoms with Gasteiger partial charge in [-0.2, -0.15) is 0 Å². The van der Waals surface area contributed by atoms with E-state index in [0.717, 1.165) is 21.9 Å². The molecule has 1 unspecified atom stereocenters. The molecule has 2 rings (SSSR count). The van der Waals surface area contributed by atoms with Crippen molar-refractivity contribution in [2.75, 3.05) is 13.2 Å². The fourth-order valence-electron chi connectivity index (χ4n) is 1.94. The maximum atomic E-state index is 5.67. The number of rotatable bonds is 6. The van der Waals surface area contributed by atoms with E-state index in [0.29, 0.717) is 18.0 Å². The van der Waals surface area contributed by atoms with Crippen LogP contribution in [0.25, 0.3) is 0 Å². The second-order valence-corrected chi connectivity index (χ2v) is 6.27. The monoisotopic (exact) mass is 376 g/mol. The quantitative estimate of drug-likeness (QED) is 0.642. The van der Waals surface area contributed by atoms with E-state index in [1.165, 1.54) is 18.4 Å². The van der Waals surface area contributed by atoms with Crippen LogP contribution in [0.2, 0.25) is 0 Å². The number of benzene rings is 1. The summed E-state index contributed by atoms with van der Waals surface area (Å²) in [6.45, 7) is 5.27. The van der Waals surface area contributed by atoms with Crippen LogP contribution in [0.4, 0.5) is 0 Å². The molecule has 100 valence electrons. The largest absolute Gasteiger partial charge is 0.490 e. The summed E-state index contributed by atoms with van der Waals surface area (Å²) in [6.07, 6.45) is 2.61. The Morgan fingerprint density at radius 1 is 1.17 bits per heavy atom. The molecule has 0 radical (unpaired) electrons. The summed E-state index contributed by atoms with van der Waals surface area (Å²) in [5, 5.41) is 0. The summed E-state index contributed by atoms with van der Waals surface area (Å²) < 4.78 is 12.4. The van der Waals surface area contributed by atoms with Gasteiger partial charge in [0.05, 0.1) is 13.2 Å². The Morgan fingerprint density at radius 2 is 1.72 bits per heavy atom. The minimum atomic E-state index is 0.404. The highest BCUT2D eigenvalue weighted by molar-refractivity contribution is 9.11. The third kappa shape index (κ3) is 3.21. The summed E-state index contributed by atoms with van der Waals surface area (Å²) in [5.74, 6) is 2.40. The highest BCUT2D eigenvalue weighted by Gasteiger charge is 2.32. The molecule has 4 heteroatoms. The van der Waals surface area contributed by atoms with E-state index in [4.69, 9.17) is 9.47 Å². The van der Waals surface area contributed by atoms with Gasteiger partial charge in [0.2, 0.25) is 0 Å². The minimum Gasteiger partial charge on any atom is -0.490 e. The first-order valence-corrected chi connectivity index (χ1v) is 8.11. The second kappa shape index (κ2) is 6.29. The highest BCUT2D eigenvalue weighted by Crippen LogP contribution is 2.49. The Bertz CT molecular complexity index is 417. The molecule has 0 aliphatic heterocycles. The van der Waals surface area contributed by atoms with Crippen LogP contribution in [0.5, 0.6) is 11.5 Å². The standard InChI is InChI=1S/C14H18Br2O2/c1-3-17-12-7-10(14(16)9-5-6-9)11(15)8-13(12)18-4-2/h7-9,14H,3-6H2,1-2H3. The summed E-state index contributed by atoms with van der Waals surface area (Å²) in [4.78, 5) is 0.404. The van der Waals surface area contributed by atoms with Gasteiger partial charge in [-0.05, 0) is 50.3 Å². The maximum Gasteiger partial charge on any atom is 0.162 e. The SMILES string of the molecule is CCOc1cc(Br)c(C(Br)C2CC2)cc1OCC. The Hall–Kier alpha value is -0.220. The zero-order valence-corrected chi connectivity index (χ0v) is 13.9. The van der Waals surface area contributed by atoms with E-state index < -0.39 is 0 Å². The zero-order chi connectivity index (χ0) is 13.1. The van der Waals surface area contributed by atoms with Gasteiger partial charge in [0, 0.05) is 9.30 Å².